The van der Waals surface area contributed by atoms with E-state index in [1.807, 2.05) is 18.2 Å². The molecule has 0 unspecified atom stereocenters. The van der Waals surface area contributed by atoms with Gasteiger partial charge in [0.1, 0.15) is 5.82 Å². The maximum Gasteiger partial charge on any atom is 0.181 e. The molecule has 1 N–H and O–H groups in total. The number of rotatable bonds is 3. The van der Waals surface area contributed by atoms with Gasteiger partial charge in [0.15, 0.2) is 5.65 Å². The number of piperidine rings is 1. The number of aromatic amines is 1. The number of H-pyrrole nitrogens is 1. The summed E-state index contributed by atoms with van der Waals surface area (Å²) in [6.45, 7) is 2.98. The van der Waals surface area contributed by atoms with Crippen LogP contribution < -0.4 is 0 Å². The van der Waals surface area contributed by atoms with Crippen LogP contribution in [0.2, 0.25) is 0 Å². The second-order valence-electron chi connectivity index (χ2n) is 6.19. The third-order valence-electron chi connectivity index (χ3n) is 4.67. The van der Waals surface area contributed by atoms with Gasteiger partial charge in [0.25, 0.3) is 0 Å². The van der Waals surface area contributed by atoms with E-state index in [1.165, 1.54) is 23.4 Å². The van der Waals surface area contributed by atoms with Crippen molar-refractivity contribution in [3.63, 3.8) is 0 Å². The van der Waals surface area contributed by atoms with Gasteiger partial charge in [-0.15, -0.1) is 0 Å². The van der Waals surface area contributed by atoms with Crippen molar-refractivity contribution >= 4 is 11.0 Å². The van der Waals surface area contributed by atoms with Crippen LogP contribution in [0.4, 0.5) is 4.39 Å². The smallest absolute Gasteiger partial charge is 0.181 e. The van der Waals surface area contributed by atoms with E-state index in [1.54, 1.807) is 6.20 Å². The Balaban J connectivity index is 1.42. The van der Waals surface area contributed by atoms with Crippen LogP contribution >= 0.6 is 0 Å². The first-order chi connectivity index (χ1) is 11.3. The largest absolute Gasteiger partial charge is 0.299 e. The molecule has 118 valence electrons. The second-order valence-corrected chi connectivity index (χ2v) is 6.19. The number of hydrogen-bond acceptors (Lipinski definition) is 3. The van der Waals surface area contributed by atoms with Gasteiger partial charge in [0, 0.05) is 29.7 Å². The molecule has 0 spiro atoms. The lowest BCUT2D eigenvalue weighted by Gasteiger charge is -2.31. The number of benzene rings is 1. The molecule has 4 nitrogen and oxygen atoms in total. The Labute approximate surface area is 134 Å². The molecule has 1 aromatic carbocycles. The molecule has 1 aliphatic rings. The van der Waals surface area contributed by atoms with E-state index >= 15 is 0 Å². The van der Waals surface area contributed by atoms with Crippen LogP contribution in [0.3, 0.4) is 0 Å². The SMILES string of the molecule is Fc1ccc(CN2CCC(c3[nH]nc4ncccc34)CC2)cc1. The van der Waals surface area contributed by atoms with Crippen LogP contribution in [0.1, 0.15) is 30.0 Å². The standard InChI is InChI=1S/C18H19FN4/c19-15-5-3-13(4-6-15)12-23-10-7-14(8-11-23)17-16-2-1-9-20-18(16)22-21-17/h1-6,9,14H,7-8,10-12H2,(H,20,21,22). The lowest BCUT2D eigenvalue weighted by atomic mass is 9.92. The fourth-order valence-electron chi connectivity index (χ4n) is 3.41. The lowest BCUT2D eigenvalue weighted by Crippen LogP contribution is -2.32. The maximum atomic E-state index is 13.0. The number of pyridine rings is 1. The molecule has 1 fully saturated rings. The molecule has 0 atom stereocenters. The average molecular weight is 310 g/mol. The number of nitrogens with zero attached hydrogens (tertiary/aromatic N) is 3. The minimum atomic E-state index is -0.174. The Kier molecular flexibility index (Phi) is 3.79. The van der Waals surface area contributed by atoms with Crippen molar-refractivity contribution in [2.45, 2.75) is 25.3 Å². The van der Waals surface area contributed by atoms with Crippen molar-refractivity contribution in [2.24, 2.45) is 0 Å². The summed E-state index contributed by atoms with van der Waals surface area (Å²) in [4.78, 5) is 6.72. The van der Waals surface area contributed by atoms with Gasteiger partial charge in [0.05, 0.1) is 0 Å². The zero-order valence-corrected chi connectivity index (χ0v) is 12.9. The summed E-state index contributed by atoms with van der Waals surface area (Å²) < 4.78 is 13.0. The van der Waals surface area contributed by atoms with Gasteiger partial charge in [-0.2, -0.15) is 5.10 Å². The molecular formula is C18H19FN4. The number of fused-ring (bicyclic) bond motifs is 1. The van der Waals surface area contributed by atoms with Crippen molar-refractivity contribution in [3.05, 3.63) is 59.7 Å². The molecule has 1 aliphatic heterocycles. The van der Waals surface area contributed by atoms with Gasteiger partial charge in [-0.25, -0.2) is 9.37 Å². The van der Waals surface area contributed by atoms with Crippen LogP contribution in [-0.4, -0.2) is 33.2 Å². The number of nitrogens with one attached hydrogen (secondary N) is 1. The van der Waals surface area contributed by atoms with Gasteiger partial charge in [-0.05, 0) is 55.8 Å². The molecule has 5 heteroatoms. The molecule has 0 bridgehead atoms. The molecule has 4 rings (SSSR count). The molecule has 23 heavy (non-hydrogen) atoms. The van der Waals surface area contributed by atoms with Crippen molar-refractivity contribution in [1.82, 2.24) is 20.1 Å². The molecule has 0 aliphatic carbocycles. The third-order valence-corrected chi connectivity index (χ3v) is 4.67. The van der Waals surface area contributed by atoms with Crippen molar-refractivity contribution in [1.29, 1.82) is 0 Å². The minimum absolute atomic E-state index is 0.174. The number of likely N-dealkylation sites (tertiary alicyclic amines) is 1. The Hall–Kier alpha value is -2.27. The Bertz CT molecular complexity index is 788. The van der Waals surface area contributed by atoms with E-state index in [2.05, 4.69) is 26.1 Å². The second kappa shape index (κ2) is 6.08. The first-order valence-electron chi connectivity index (χ1n) is 8.05. The number of halogens is 1. The number of hydrogen-bond donors (Lipinski definition) is 1. The van der Waals surface area contributed by atoms with Gasteiger partial charge in [-0.1, -0.05) is 12.1 Å². The average Bonchev–Trinajstić information content (AvgIpc) is 3.02. The quantitative estimate of drug-likeness (QED) is 0.805. The summed E-state index contributed by atoms with van der Waals surface area (Å²) in [6.07, 6.45) is 3.99. The maximum absolute atomic E-state index is 13.0. The molecular weight excluding hydrogens is 291 g/mol. The van der Waals surface area contributed by atoms with E-state index < -0.39 is 0 Å². The number of aromatic nitrogens is 3. The monoisotopic (exact) mass is 310 g/mol. The van der Waals surface area contributed by atoms with E-state index in [4.69, 9.17) is 0 Å². The zero-order valence-electron chi connectivity index (χ0n) is 12.9. The highest BCUT2D eigenvalue weighted by atomic mass is 19.1. The highest BCUT2D eigenvalue weighted by molar-refractivity contribution is 5.77. The molecule has 1 saturated heterocycles. The Morgan fingerprint density at radius 3 is 2.70 bits per heavy atom. The molecule has 0 radical (unpaired) electrons. The van der Waals surface area contributed by atoms with Crippen molar-refractivity contribution in [3.8, 4) is 0 Å². The first-order valence-corrected chi connectivity index (χ1v) is 8.05. The fourth-order valence-corrected chi connectivity index (χ4v) is 3.41. The molecule has 3 aromatic rings. The fraction of sp³-hybridized carbons (Fsp3) is 0.333. The zero-order chi connectivity index (χ0) is 15.6. The predicted octanol–water partition coefficient (Wildman–Crippen LogP) is 3.48. The summed E-state index contributed by atoms with van der Waals surface area (Å²) in [5, 5.41) is 8.63. The summed E-state index contributed by atoms with van der Waals surface area (Å²) >= 11 is 0. The predicted molar refractivity (Wildman–Crippen MR) is 87.5 cm³/mol. The van der Waals surface area contributed by atoms with Crippen LogP contribution in [-0.2, 0) is 6.54 Å². The minimum Gasteiger partial charge on any atom is -0.299 e. The van der Waals surface area contributed by atoms with Crippen LogP contribution in [0.5, 0.6) is 0 Å². The van der Waals surface area contributed by atoms with Crippen molar-refractivity contribution in [2.75, 3.05) is 13.1 Å². The highest BCUT2D eigenvalue weighted by Crippen LogP contribution is 2.31. The van der Waals surface area contributed by atoms with Crippen molar-refractivity contribution < 1.29 is 4.39 Å². The Morgan fingerprint density at radius 1 is 1.13 bits per heavy atom. The molecule has 2 aromatic heterocycles. The highest BCUT2D eigenvalue weighted by Gasteiger charge is 2.23. The van der Waals surface area contributed by atoms with Crippen LogP contribution in [0, 0.1) is 5.82 Å². The summed E-state index contributed by atoms with van der Waals surface area (Å²) in [6, 6.07) is 10.9. The molecule has 3 heterocycles. The topological polar surface area (TPSA) is 44.8 Å². The van der Waals surface area contributed by atoms with E-state index in [0.29, 0.717) is 5.92 Å². The van der Waals surface area contributed by atoms with E-state index in [-0.39, 0.29) is 5.82 Å². The van der Waals surface area contributed by atoms with Crippen LogP contribution in [0.25, 0.3) is 11.0 Å². The summed E-state index contributed by atoms with van der Waals surface area (Å²) in [5.74, 6) is 0.334. The molecule has 0 amide bonds. The normalized spacial score (nSPS) is 16.9. The Morgan fingerprint density at radius 2 is 1.91 bits per heavy atom. The van der Waals surface area contributed by atoms with Gasteiger partial charge in [-0.3, -0.25) is 10.00 Å². The van der Waals surface area contributed by atoms with E-state index in [9.17, 15) is 4.39 Å². The van der Waals surface area contributed by atoms with Gasteiger partial charge in [0.2, 0.25) is 0 Å². The third kappa shape index (κ3) is 2.97. The lowest BCUT2D eigenvalue weighted by molar-refractivity contribution is 0.203. The van der Waals surface area contributed by atoms with Crippen LogP contribution in [0.15, 0.2) is 42.6 Å². The van der Waals surface area contributed by atoms with Gasteiger partial charge < -0.3 is 0 Å². The summed E-state index contributed by atoms with van der Waals surface area (Å²) in [5.41, 5.74) is 3.19. The van der Waals surface area contributed by atoms with Gasteiger partial charge >= 0.3 is 0 Å². The molecule has 0 saturated carbocycles. The first kappa shape index (κ1) is 14.3. The van der Waals surface area contributed by atoms with E-state index in [0.717, 1.165) is 43.5 Å². The summed E-state index contributed by atoms with van der Waals surface area (Å²) in [7, 11) is 0.